The average molecular weight is 316 g/mol. The van der Waals surface area contributed by atoms with Crippen molar-refractivity contribution in [1.29, 1.82) is 0 Å². The molecule has 1 aromatic heterocycles. The van der Waals surface area contributed by atoms with Gasteiger partial charge in [-0.2, -0.15) is 5.10 Å². The molecule has 1 unspecified atom stereocenters. The Balaban J connectivity index is 1.83. The Bertz CT molecular complexity index is 632. The molecule has 6 nitrogen and oxygen atoms in total. The van der Waals surface area contributed by atoms with Crippen LogP contribution in [0.4, 0.5) is 10.6 Å². The Labute approximate surface area is 136 Å². The summed E-state index contributed by atoms with van der Waals surface area (Å²) in [4.78, 5) is 11.8. The monoisotopic (exact) mass is 316 g/mol. The SMILES string of the molecule is CC(C)(C)C(O)CNC(=O)Nc1ccn(Cc2ccccc2)n1. The van der Waals surface area contributed by atoms with E-state index in [1.54, 1.807) is 10.7 Å². The van der Waals surface area contributed by atoms with Crippen LogP contribution in [0.3, 0.4) is 0 Å². The Hall–Kier alpha value is -2.34. The molecule has 0 bridgehead atoms. The van der Waals surface area contributed by atoms with Crippen LogP contribution in [0.1, 0.15) is 26.3 Å². The second-order valence-corrected chi connectivity index (χ2v) is 6.60. The van der Waals surface area contributed by atoms with Crippen LogP contribution in [-0.4, -0.2) is 33.6 Å². The third-order valence-corrected chi connectivity index (χ3v) is 3.53. The molecule has 0 spiro atoms. The van der Waals surface area contributed by atoms with Gasteiger partial charge in [0.05, 0.1) is 12.6 Å². The molecule has 1 aromatic carbocycles. The Morgan fingerprint density at radius 1 is 1.26 bits per heavy atom. The fraction of sp³-hybridized carbons (Fsp3) is 0.412. The van der Waals surface area contributed by atoms with Gasteiger partial charge in [-0.25, -0.2) is 4.79 Å². The number of aliphatic hydroxyl groups excluding tert-OH is 1. The molecule has 2 rings (SSSR count). The van der Waals surface area contributed by atoms with Crippen molar-refractivity contribution < 1.29 is 9.90 Å². The van der Waals surface area contributed by atoms with Gasteiger partial charge in [0, 0.05) is 18.8 Å². The summed E-state index contributed by atoms with van der Waals surface area (Å²) in [6.07, 6.45) is 1.20. The van der Waals surface area contributed by atoms with Gasteiger partial charge in [0.15, 0.2) is 5.82 Å². The Kier molecular flexibility index (Phi) is 5.39. The van der Waals surface area contributed by atoms with E-state index in [9.17, 15) is 9.90 Å². The lowest BCUT2D eigenvalue weighted by Gasteiger charge is -2.25. The minimum absolute atomic E-state index is 0.195. The predicted molar refractivity (Wildman–Crippen MR) is 90.3 cm³/mol. The highest BCUT2D eigenvalue weighted by molar-refractivity contribution is 5.88. The van der Waals surface area contributed by atoms with Gasteiger partial charge < -0.3 is 10.4 Å². The van der Waals surface area contributed by atoms with E-state index in [2.05, 4.69) is 15.7 Å². The molecule has 0 aliphatic carbocycles. The molecule has 0 aliphatic rings. The molecule has 0 saturated heterocycles. The number of benzene rings is 1. The van der Waals surface area contributed by atoms with Crippen LogP contribution in [0.15, 0.2) is 42.6 Å². The molecule has 1 heterocycles. The molecular weight excluding hydrogens is 292 g/mol. The molecule has 0 fully saturated rings. The van der Waals surface area contributed by atoms with E-state index < -0.39 is 6.10 Å². The number of aliphatic hydroxyl groups is 1. The zero-order valence-corrected chi connectivity index (χ0v) is 13.8. The van der Waals surface area contributed by atoms with Crippen LogP contribution in [0, 0.1) is 5.41 Å². The van der Waals surface area contributed by atoms with Crippen molar-refractivity contribution in [2.75, 3.05) is 11.9 Å². The number of nitrogens with zero attached hydrogens (tertiary/aromatic N) is 2. The topological polar surface area (TPSA) is 79.2 Å². The number of carbonyl (C=O) groups is 1. The first-order valence-electron chi connectivity index (χ1n) is 7.65. The lowest BCUT2D eigenvalue weighted by molar-refractivity contribution is 0.0654. The molecule has 2 amide bonds. The largest absolute Gasteiger partial charge is 0.391 e. The van der Waals surface area contributed by atoms with Crippen LogP contribution >= 0.6 is 0 Å². The second kappa shape index (κ2) is 7.28. The molecule has 2 aromatic rings. The highest BCUT2D eigenvalue weighted by Gasteiger charge is 2.22. The number of carbonyl (C=O) groups excluding carboxylic acids is 1. The summed E-state index contributed by atoms with van der Waals surface area (Å²) < 4.78 is 1.76. The normalized spacial score (nSPS) is 12.7. The summed E-state index contributed by atoms with van der Waals surface area (Å²) in [6.45, 7) is 6.60. The van der Waals surface area contributed by atoms with Crippen molar-refractivity contribution >= 4 is 11.8 Å². The zero-order valence-electron chi connectivity index (χ0n) is 13.8. The number of anilines is 1. The van der Waals surface area contributed by atoms with Crippen molar-refractivity contribution in [3.8, 4) is 0 Å². The third-order valence-electron chi connectivity index (χ3n) is 3.53. The smallest absolute Gasteiger partial charge is 0.320 e. The predicted octanol–water partition coefficient (Wildman–Crippen LogP) is 2.46. The van der Waals surface area contributed by atoms with Crippen molar-refractivity contribution in [3.63, 3.8) is 0 Å². The van der Waals surface area contributed by atoms with Crippen molar-refractivity contribution in [2.24, 2.45) is 5.41 Å². The Morgan fingerprint density at radius 2 is 1.96 bits per heavy atom. The molecule has 124 valence electrons. The van der Waals surface area contributed by atoms with Crippen LogP contribution in [0.5, 0.6) is 0 Å². The van der Waals surface area contributed by atoms with Gasteiger partial charge in [-0.3, -0.25) is 10.00 Å². The number of nitrogens with one attached hydrogen (secondary N) is 2. The number of aromatic nitrogens is 2. The van der Waals surface area contributed by atoms with Gasteiger partial charge in [-0.1, -0.05) is 51.1 Å². The van der Waals surface area contributed by atoms with Crippen LogP contribution in [0.2, 0.25) is 0 Å². The maximum atomic E-state index is 11.8. The number of urea groups is 1. The highest BCUT2D eigenvalue weighted by Crippen LogP contribution is 2.18. The summed E-state index contributed by atoms with van der Waals surface area (Å²) in [6, 6.07) is 11.3. The van der Waals surface area contributed by atoms with Gasteiger partial charge >= 0.3 is 6.03 Å². The summed E-state index contributed by atoms with van der Waals surface area (Å²) in [5, 5.41) is 19.5. The van der Waals surface area contributed by atoms with E-state index in [-0.39, 0.29) is 18.0 Å². The van der Waals surface area contributed by atoms with Crippen molar-refractivity contribution in [1.82, 2.24) is 15.1 Å². The maximum absolute atomic E-state index is 11.8. The molecule has 1 atom stereocenters. The van der Waals surface area contributed by atoms with Gasteiger partial charge in [0.1, 0.15) is 0 Å². The zero-order chi connectivity index (χ0) is 16.9. The maximum Gasteiger partial charge on any atom is 0.320 e. The van der Waals surface area contributed by atoms with Crippen molar-refractivity contribution in [3.05, 3.63) is 48.2 Å². The molecule has 0 aliphatic heterocycles. The third kappa shape index (κ3) is 5.41. The van der Waals surface area contributed by atoms with E-state index in [0.29, 0.717) is 12.4 Å². The fourth-order valence-electron chi connectivity index (χ4n) is 1.94. The first-order valence-corrected chi connectivity index (χ1v) is 7.65. The van der Waals surface area contributed by atoms with E-state index >= 15 is 0 Å². The quantitative estimate of drug-likeness (QED) is 0.793. The summed E-state index contributed by atoms with van der Waals surface area (Å²) in [7, 11) is 0. The second-order valence-electron chi connectivity index (χ2n) is 6.60. The highest BCUT2D eigenvalue weighted by atomic mass is 16.3. The van der Waals surface area contributed by atoms with Gasteiger partial charge in [0.2, 0.25) is 0 Å². The number of amides is 2. The number of hydrogen-bond acceptors (Lipinski definition) is 3. The molecule has 23 heavy (non-hydrogen) atoms. The summed E-state index contributed by atoms with van der Waals surface area (Å²) in [5.74, 6) is 0.476. The van der Waals surface area contributed by atoms with Crippen LogP contribution in [-0.2, 0) is 6.54 Å². The number of hydrogen-bond donors (Lipinski definition) is 3. The van der Waals surface area contributed by atoms with Gasteiger partial charge in [-0.05, 0) is 11.0 Å². The molecular formula is C17H24N4O2. The van der Waals surface area contributed by atoms with E-state index in [4.69, 9.17) is 0 Å². The van der Waals surface area contributed by atoms with E-state index in [0.717, 1.165) is 5.56 Å². The summed E-state index contributed by atoms with van der Waals surface area (Å²) >= 11 is 0. The lowest BCUT2D eigenvalue weighted by atomic mass is 9.89. The standard InChI is InChI=1S/C17H24N4O2/c1-17(2,3)14(22)11-18-16(23)19-15-9-10-21(20-15)12-13-7-5-4-6-8-13/h4-10,14,22H,11-12H2,1-3H3,(H2,18,19,20,23). The van der Waals surface area contributed by atoms with Crippen LogP contribution < -0.4 is 10.6 Å². The minimum Gasteiger partial charge on any atom is -0.391 e. The molecule has 3 N–H and O–H groups in total. The molecule has 0 saturated carbocycles. The molecule has 0 radical (unpaired) electrons. The fourth-order valence-corrected chi connectivity index (χ4v) is 1.94. The van der Waals surface area contributed by atoms with Gasteiger partial charge in [-0.15, -0.1) is 0 Å². The van der Waals surface area contributed by atoms with Crippen LogP contribution in [0.25, 0.3) is 0 Å². The summed E-state index contributed by atoms with van der Waals surface area (Å²) in [5.41, 5.74) is 0.866. The van der Waals surface area contributed by atoms with E-state index in [1.165, 1.54) is 0 Å². The average Bonchev–Trinajstić information content (AvgIpc) is 2.91. The molecule has 6 heteroatoms. The first-order chi connectivity index (χ1) is 10.8. The van der Waals surface area contributed by atoms with Crippen molar-refractivity contribution in [2.45, 2.75) is 33.4 Å². The minimum atomic E-state index is -0.608. The first kappa shape index (κ1) is 17.0. The van der Waals surface area contributed by atoms with E-state index in [1.807, 2.05) is 57.3 Å². The Morgan fingerprint density at radius 3 is 2.61 bits per heavy atom. The van der Waals surface area contributed by atoms with Gasteiger partial charge in [0.25, 0.3) is 0 Å². The number of rotatable bonds is 5. The lowest BCUT2D eigenvalue weighted by Crippen LogP contribution is -2.40.